The fraction of sp³-hybridized carbons (Fsp3) is 0.286. The van der Waals surface area contributed by atoms with Gasteiger partial charge >= 0.3 is 0 Å². The molecule has 1 amide bonds. The summed E-state index contributed by atoms with van der Waals surface area (Å²) in [6.45, 7) is 6.03. The highest BCUT2D eigenvalue weighted by Gasteiger charge is 2.28. The summed E-state index contributed by atoms with van der Waals surface area (Å²) in [4.78, 5) is 12.8. The zero-order chi connectivity index (χ0) is 27.7. The van der Waals surface area contributed by atoms with E-state index >= 15 is 0 Å². The van der Waals surface area contributed by atoms with Gasteiger partial charge in [-0.25, -0.2) is 13.8 Å². The van der Waals surface area contributed by atoms with Crippen molar-refractivity contribution in [3.05, 3.63) is 77.9 Å². The van der Waals surface area contributed by atoms with Crippen LogP contribution in [-0.2, 0) is 14.8 Å². The van der Waals surface area contributed by atoms with Crippen LogP contribution in [0.2, 0.25) is 0 Å². The topological polar surface area (TPSA) is 107 Å². The maximum atomic E-state index is 13.7. The third kappa shape index (κ3) is 7.04. The smallest absolute Gasteiger partial charge is 0.264 e. The fourth-order valence-corrected chi connectivity index (χ4v) is 5.04. The van der Waals surface area contributed by atoms with Crippen LogP contribution in [0.5, 0.6) is 17.2 Å². The number of rotatable bonds is 12. The van der Waals surface area contributed by atoms with E-state index in [1.165, 1.54) is 44.2 Å². The molecule has 0 fully saturated rings. The van der Waals surface area contributed by atoms with Crippen LogP contribution in [0.25, 0.3) is 0 Å². The Kier molecular flexibility index (Phi) is 9.72. The zero-order valence-corrected chi connectivity index (χ0v) is 23.0. The molecule has 0 atom stereocenters. The van der Waals surface area contributed by atoms with Crippen molar-refractivity contribution in [1.29, 1.82) is 0 Å². The number of hydrazone groups is 1. The van der Waals surface area contributed by atoms with Gasteiger partial charge in [0.2, 0.25) is 0 Å². The van der Waals surface area contributed by atoms with E-state index in [2.05, 4.69) is 24.4 Å². The second-order valence-electron chi connectivity index (χ2n) is 8.57. The Morgan fingerprint density at radius 3 is 2.21 bits per heavy atom. The molecule has 0 bridgehead atoms. The van der Waals surface area contributed by atoms with Gasteiger partial charge in [-0.05, 0) is 60.4 Å². The van der Waals surface area contributed by atoms with Crippen LogP contribution in [0.4, 0.5) is 5.69 Å². The molecule has 202 valence electrons. The molecule has 9 nitrogen and oxygen atoms in total. The van der Waals surface area contributed by atoms with Gasteiger partial charge < -0.3 is 14.2 Å². The SMILES string of the molecule is CCOc1ccc(N(CC(=O)N/N=C\c2ccc(C(C)C)cc2)S(=O)(=O)c2ccc(OC)c(OC)c2)cc1. The number of nitrogens with one attached hydrogen (secondary N) is 1. The molecule has 10 heteroatoms. The summed E-state index contributed by atoms with van der Waals surface area (Å²) < 4.78 is 44.4. The summed E-state index contributed by atoms with van der Waals surface area (Å²) in [5.74, 6) is 1.00. The standard InChI is InChI=1S/C28H33N3O6S/c1-6-37-24-13-11-23(12-14-24)31(38(33,34)25-15-16-26(35-4)27(17-25)36-5)19-28(32)30-29-18-21-7-9-22(10-8-21)20(2)3/h7-18,20H,6,19H2,1-5H3,(H,30,32)/b29-18-. The molecule has 0 heterocycles. The number of carbonyl (C=O) groups is 1. The Hall–Kier alpha value is -4.05. The van der Waals surface area contributed by atoms with Crippen LogP contribution < -0.4 is 23.9 Å². The summed E-state index contributed by atoms with van der Waals surface area (Å²) in [5, 5.41) is 4.00. The largest absolute Gasteiger partial charge is 0.494 e. The lowest BCUT2D eigenvalue weighted by Gasteiger charge is -2.24. The van der Waals surface area contributed by atoms with Crippen LogP contribution in [0.15, 0.2) is 76.7 Å². The second-order valence-corrected chi connectivity index (χ2v) is 10.4. The lowest BCUT2D eigenvalue weighted by atomic mass is 10.0. The number of methoxy groups -OCH3 is 2. The minimum Gasteiger partial charge on any atom is -0.494 e. The van der Waals surface area contributed by atoms with Crippen molar-refractivity contribution >= 4 is 27.8 Å². The summed E-state index contributed by atoms with van der Waals surface area (Å²) in [6.07, 6.45) is 1.51. The van der Waals surface area contributed by atoms with Gasteiger partial charge in [-0.3, -0.25) is 9.10 Å². The molecule has 0 aliphatic rings. The molecule has 0 unspecified atom stereocenters. The number of hydrogen-bond donors (Lipinski definition) is 1. The minimum absolute atomic E-state index is 0.0643. The van der Waals surface area contributed by atoms with Gasteiger partial charge in [-0.1, -0.05) is 38.1 Å². The third-order valence-electron chi connectivity index (χ3n) is 5.67. The third-order valence-corrected chi connectivity index (χ3v) is 7.44. The monoisotopic (exact) mass is 539 g/mol. The van der Waals surface area contributed by atoms with Crippen molar-refractivity contribution < 1.29 is 27.4 Å². The highest BCUT2D eigenvalue weighted by molar-refractivity contribution is 7.92. The van der Waals surface area contributed by atoms with E-state index in [1.54, 1.807) is 24.3 Å². The highest BCUT2D eigenvalue weighted by Crippen LogP contribution is 2.32. The summed E-state index contributed by atoms with van der Waals surface area (Å²) >= 11 is 0. The second kappa shape index (κ2) is 13.0. The van der Waals surface area contributed by atoms with E-state index in [4.69, 9.17) is 14.2 Å². The van der Waals surface area contributed by atoms with Crippen molar-refractivity contribution in [2.75, 3.05) is 31.7 Å². The lowest BCUT2D eigenvalue weighted by Crippen LogP contribution is -2.39. The number of carbonyl (C=O) groups excluding carboxylic acids is 1. The first kappa shape index (κ1) is 28.5. The maximum absolute atomic E-state index is 13.7. The molecule has 0 spiro atoms. The molecule has 0 radical (unpaired) electrons. The summed E-state index contributed by atoms with van der Waals surface area (Å²) in [5.41, 5.74) is 4.70. The molecular formula is C28H33N3O6S. The first-order valence-electron chi connectivity index (χ1n) is 12.1. The number of anilines is 1. The van der Waals surface area contributed by atoms with Gasteiger partial charge in [0, 0.05) is 6.07 Å². The van der Waals surface area contributed by atoms with E-state index in [0.29, 0.717) is 24.0 Å². The Balaban J connectivity index is 1.87. The molecule has 0 aliphatic carbocycles. The number of sulfonamides is 1. The molecular weight excluding hydrogens is 506 g/mol. The molecule has 0 aromatic heterocycles. The number of amides is 1. The van der Waals surface area contributed by atoms with E-state index in [1.807, 2.05) is 31.2 Å². The van der Waals surface area contributed by atoms with Crippen molar-refractivity contribution in [2.24, 2.45) is 5.10 Å². The number of ether oxygens (including phenoxy) is 3. The molecule has 0 aliphatic heterocycles. The van der Waals surface area contributed by atoms with E-state index < -0.39 is 22.5 Å². The van der Waals surface area contributed by atoms with Crippen LogP contribution in [0.1, 0.15) is 37.8 Å². The van der Waals surface area contributed by atoms with Crippen LogP contribution in [0, 0.1) is 0 Å². The normalized spacial score (nSPS) is 11.4. The van der Waals surface area contributed by atoms with Gasteiger partial charge in [0.1, 0.15) is 12.3 Å². The average Bonchev–Trinajstić information content (AvgIpc) is 2.92. The van der Waals surface area contributed by atoms with E-state index in [0.717, 1.165) is 9.87 Å². The Morgan fingerprint density at radius 1 is 0.974 bits per heavy atom. The van der Waals surface area contributed by atoms with Crippen LogP contribution in [0.3, 0.4) is 0 Å². The molecule has 3 aromatic carbocycles. The number of benzene rings is 3. The van der Waals surface area contributed by atoms with Crippen LogP contribution >= 0.6 is 0 Å². The number of nitrogens with zero attached hydrogens (tertiary/aromatic N) is 2. The summed E-state index contributed by atoms with van der Waals surface area (Å²) in [7, 11) is -1.30. The Morgan fingerprint density at radius 2 is 1.63 bits per heavy atom. The zero-order valence-electron chi connectivity index (χ0n) is 22.2. The van der Waals surface area contributed by atoms with Gasteiger partial charge in [0.25, 0.3) is 15.9 Å². The summed E-state index contributed by atoms with van der Waals surface area (Å²) in [6, 6.07) is 18.5. The van der Waals surface area contributed by atoms with Crippen molar-refractivity contribution in [3.63, 3.8) is 0 Å². The lowest BCUT2D eigenvalue weighted by molar-refractivity contribution is -0.119. The average molecular weight is 540 g/mol. The maximum Gasteiger partial charge on any atom is 0.264 e. The Bertz CT molecular complexity index is 1350. The molecule has 3 rings (SSSR count). The quantitative estimate of drug-likeness (QED) is 0.267. The highest BCUT2D eigenvalue weighted by atomic mass is 32.2. The van der Waals surface area contributed by atoms with Gasteiger partial charge in [-0.15, -0.1) is 0 Å². The first-order chi connectivity index (χ1) is 18.2. The molecule has 0 saturated carbocycles. The minimum atomic E-state index is -4.18. The molecule has 3 aromatic rings. The molecule has 0 saturated heterocycles. The molecule has 38 heavy (non-hydrogen) atoms. The van der Waals surface area contributed by atoms with Crippen LogP contribution in [-0.4, -0.2) is 47.9 Å². The molecule has 1 N–H and O–H groups in total. The predicted octanol–water partition coefficient (Wildman–Crippen LogP) is 4.57. The fourth-order valence-electron chi connectivity index (χ4n) is 3.61. The Labute approximate surface area is 224 Å². The predicted molar refractivity (Wildman–Crippen MR) is 148 cm³/mol. The van der Waals surface area contributed by atoms with Gasteiger partial charge in [-0.2, -0.15) is 5.10 Å². The first-order valence-corrected chi connectivity index (χ1v) is 13.5. The van der Waals surface area contributed by atoms with Crippen molar-refractivity contribution in [3.8, 4) is 17.2 Å². The van der Waals surface area contributed by atoms with Crippen molar-refractivity contribution in [2.45, 2.75) is 31.6 Å². The van der Waals surface area contributed by atoms with Gasteiger partial charge in [0.15, 0.2) is 11.5 Å². The van der Waals surface area contributed by atoms with E-state index in [9.17, 15) is 13.2 Å². The number of hydrogen-bond acceptors (Lipinski definition) is 7. The van der Waals surface area contributed by atoms with Gasteiger partial charge in [0.05, 0.1) is 37.6 Å². The van der Waals surface area contributed by atoms with Crippen molar-refractivity contribution in [1.82, 2.24) is 5.43 Å². The van der Waals surface area contributed by atoms with E-state index in [-0.39, 0.29) is 16.3 Å².